The van der Waals surface area contributed by atoms with Crippen LogP contribution in [-0.4, -0.2) is 28.9 Å². The van der Waals surface area contributed by atoms with Gasteiger partial charge in [0.15, 0.2) is 0 Å². The highest BCUT2D eigenvalue weighted by atomic mass is 19.1. The molecule has 1 fully saturated rings. The maximum atomic E-state index is 14.0. The Labute approximate surface area is 231 Å². The number of halogens is 2. The van der Waals surface area contributed by atoms with Gasteiger partial charge < -0.3 is 20.8 Å². The molecule has 1 aliphatic rings. The zero-order chi connectivity index (χ0) is 28.0. The Balaban J connectivity index is 1.55. The number of aliphatic hydroxyl groups is 1. The third-order valence-corrected chi connectivity index (χ3v) is 8.03. The average Bonchev–Trinajstić information content (AvgIpc) is 2.90. The lowest BCUT2D eigenvalue weighted by Gasteiger charge is -2.41. The minimum atomic E-state index is -0.841. The van der Waals surface area contributed by atoms with Crippen molar-refractivity contribution in [2.45, 2.75) is 88.9 Å². The van der Waals surface area contributed by atoms with Crippen LogP contribution in [0.4, 0.5) is 8.78 Å². The van der Waals surface area contributed by atoms with Crippen LogP contribution in [0.5, 0.6) is 5.75 Å². The molecule has 0 radical (unpaired) electrons. The van der Waals surface area contributed by atoms with Crippen LogP contribution in [-0.2, 0) is 23.9 Å². The SMILES string of the molecule is CC(C)(C)c1cccc(C2(NCC(O)C(Cc3cc(F)cc(F)c3)NCc3ccccc3O)CCCCC2)c1. The molecule has 210 valence electrons. The van der Waals surface area contributed by atoms with Gasteiger partial charge in [0.05, 0.1) is 6.10 Å². The molecule has 4 N–H and O–H groups in total. The first-order chi connectivity index (χ1) is 18.6. The summed E-state index contributed by atoms with van der Waals surface area (Å²) in [6.45, 7) is 7.27. The molecule has 0 aromatic heterocycles. The van der Waals surface area contributed by atoms with E-state index in [1.54, 1.807) is 12.1 Å². The minimum absolute atomic E-state index is 0.0314. The molecule has 1 aliphatic carbocycles. The molecule has 2 atom stereocenters. The van der Waals surface area contributed by atoms with Crippen molar-refractivity contribution in [1.82, 2.24) is 10.6 Å². The molecule has 0 bridgehead atoms. The summed E-state index contributed by atoms with van der Waals surface area (Å²) in [6, 6.07) is 18.8. The summed E-state index contributed by atoms with van der Waals surface area (Å²) in [7, 11) is 0. The predicted octanol–water partition coefficient (Wildman–Crippen LogP) is 6.48. The van der Waals surface area contributed by atoms with Gasteiger partial charge in [0.2, 0.25) is 0 Å². The van der Waals surface area contributed by atoms with Crippen LogP contribution in [0.1, 0.15) is 75.1 Å². The van der Waals surface area contributed by atoms with Crippen LogP contribution < -0.4 is 10.6 Å². The summed E-state index contributed by atoms with van der Waals surface area (Å²) in [6.07, 6.45) is 4.78. The third-order valence-electron chi connectivity index (χ3n) is 8.03. The molecule has 0 saturated heterocycles. The molecule has 3 aromatic carbocycles. The van der Waals surface area contributed by atoms with E-state index < -0.39 is 23.8 Å². The predicted molar refractivity (Wildman–Crippen MR) is 153 cm³/mol. The molecule has 0 aliphatic heterocycles. The van der Waals surface area contributed by atoms with Gasteiger partial charge in [0.1, 0.15) is 17.4 Å². The van der Waals surface area contributed by atoms with Crippen molar-refractivity contribution in [2.75, 3.05) is 6.54 Å². The Morgan fingerprint density at radius 3 is 2.26 bits per heavy atom. The number of benzene rings is 3. The van der Waals surface area contributed by atoms with Crippen molar-refractivity contribution >= 4 is 0 Å². The fraction of sp³-hybridized carbons (Fsp3) is 0.455. The maximum absolute atomic E-state index is 14.0. The number of aliphatic hydroxyl groups excluding tert-OH is 1. The van der Waals surface area contributed by atoms with E-state index in [2.05, 4.69) is 55.7 Å². The minimum Gasteiger partial charge on any atom is -0.508 e. The Bertz CT molecular complexity index is 1210. The molecule has 0 heterocycles. The normalized spacial score (nSPS) is 17.1. The van der Waals surface area contributed by atoms with Crippen molar-refractivity contribution in [1.29, 1.82) is 0 Å². The van der Waals surface area contributed by atoms with Crippen LogP contribution in [0.2, 0.25) is 0 Å². The number of nitrogens with one attached hydrogen (secondary N) is 2. The smallest absolute Gasteiger partial charge is 0.126 e. The van der Waals surface area contributed by atoms with Gasteiger partial charge in [0, 0.05) is 36.3 Å². The van der Waals surface area contributed by atoms with Gasteiger partial charge in [0.25, 0.3) is 0 Å². The molecule has 2 unspecified atom stereocenters. The lowest BCUT2D eigenvalue weighted by Crippen LogP contribution is -2.52. The third kappa shape index (κ3) is 7.65. The number of hydrogen-bond donors (Lipinski definition) is 4. The summed E-state index contributed by atoms with van der Waals surface area (Å²) in [5, 5.41) is 28.8. The number of rotatable bonds is 10. The van der Waals surface area contributed by atoms with Gasteiger partial charge in [-0.2, -0.15) is 0 Å². The number of phenols is 1. The van der Waals surface area contributed by atoms with Crippen LogP contribution in [0.25, 0.3) is 0 Å². The van der Waals surface area contributed by atoms with Gasteiger partial charge in [-0.15, -0.1) is 0 Å². The largest absolute Gasteiger partial charge is 0.508 e. The van der Waals surface area contributed by atoms with E-state index in [-0.39, 0.29) is 23.1 Å². The van der Waals surface area contributed by atoms with Crippen molar-refractivity contribution < 1.29 is 19.0 Å². The van der Waals surface area contributed by atoms with Crippen LogP contribution in [0, 0.1) is 11.6 Å². The maximum Gasteiger partial charge on any atom is 0.126 e. The molecule has 6 heteroatoms. The number of phenolic OH excluding ortho intramolecular Hbond substituents is 1. The van der Waals surface area contributed by atoms with E-state index in [0.29, 0.717) is 24.2 Å². The number of aromatic hydroxyl groups is 1. The van der Waals surface area contributed by atoms with E-state index in [1.807, 2.05) is 12.1 Å². The summed E-state index contributed by atoms with van der Waals surface area (Å²) >= 11 is 0. The first kappa shape index (κ1) is 29.2. The Kier molecular flexibility index (Phi) is 9.42. The van der Waals surface area contributed by atoms with Gasteiger partial charge >= 0.3 is 0 Å². The number of para-hydroxylation sites is 1. The Morgan fingerprint density at radius 1 is 0.897 bits per heavy atom. The summed E-state index contributed by atoms with van der Waals surface area (Å²) in [5.41, 5.74) is 3.47. The highest BCUT2D eigenvalue weighted by Crippen LogP contribution is 2.38. The van der Waals surface area contributed by atoms with Crippen LogP contribution >= 0.6 is 0 Å². The van der Waals surface area contributed by atoms with Crippen molar-refractivity contribution in [3.8, 4) is 5.75 Å². The molecule has 0 amide bonds. The van der Waals surface area contributed by atoms with Crippen LogP contribution in [0.15, 0.2) is 66.7 Å². The molecule has 4 rings (SSSR count). The Morgan fingerprint density at radius 2 is 1.59 bits per heavy atom. The average molecular weight is 537 g/mol. The molecule has 39 heavy (non-hydrogen) atoms. The highest BCUT2D eigenvalue weighted by Gasteiger charge is 2.35. The highest BCUT2D eigenvalue weighted by molar-refractivity contribution is 5.34. The quantitative estimate of drug-likeness (QED) is 0.240. The fourth-order valence-electron chi connectivity index (χ4n) is 5.68. The second-order valence-corrected chi connectivity index (χ2v) is 12.0. The van der Waals surface area contributed by atoms with Crippen molar-refractivity contribution in [3.63, 3.8) is 0 Å². The van der Waals surface area contributed by atoms with E-state index in [4.69, 9.17) is 0 Å². The second-order valence-electron chi connectivity index (χ2n) is 12.0. The van der Waals surface area contributed by atoms with E-state index in [1.165, 1.54) is 29.7 Å². The first-order valence-corrected chi connectivity index (χ1v) is 14.1. The molecule has 1 saturated carbocycles. The lowest BCUT2D eigenvalue weighted by atomic mass is 9.74. The van der Waals surface area contributed by atoms with Crippen molar-refractivity contribution in [3.05, 3.63) is 101 Å². The zero-order valence-electron chi connectivity index (χ0n) is 23.3. The first-order valence-electron chi connectivity index (χ1n) is 14.1. The van der Waals surface area contributed by atoms with Crippen molar-refractivity contribution in [2.24, 2.45) is 0 Å². The van der Waals surface area contributed by atoms with E-state index in [9.17, 15) is 19.0 Å². The van der Waals surface area contributed by atoms with Gasteiger partial charge in [-0.1, -0.05) is 82.5 Å². The Hall–Kier alpha value is -2.80. The lowest BCUT2D eigenvalue weighted by molar-refractivity contribution is 0.103. The molecular formula is C33H42F2N2O2. The molecule has 0 spiro atoms. The van der Waals surface area contributed by atoms with Gasteiger partial charge in [-0.3, -0.25) is 0 Å². The standard InChI is InChI=1S/C33H42F2N2O2/c1-32(2,3)25-11-9-12-26(19-25)33(14-7-4-8-15-33)37-22-31(39)29(18-23-16-27(34)20-28(35)17-23)36-21-24-10-5-6-13-30(24)38/h5-6,9-13,16-17,19-20,29,31,36-39H,4,7-8,14-15,18,21-22H2,1-3H3. The van der Waals surface area contributed by atoms with Gasteiger partial charge in [-0.05, 0) is 59.6 Å². The monoisotopic (exact) mass is 536 g/mol. The summed E-state index contributed by atoms with van der Waals surface area (Å²) in [4.78, 5) is 0. The van der Waals surface area contributed by atoms with Crippen LogP contribution in [0.3, 0.4) is 0 Å². The van der Waals surface area contributed by atoms with E-state index in [0.717, 1.165) is 31.7 Å². The fourth-order valence-corrected chi connectivity index (χ4v) is 5.68. The number of hydrogen-bond acceptors (Lipinski definition) is 4. The van der Waals surface area contributed by atoms with Gasteiger partial charge in [-0.25, -0.2) is 8.78 Å². The summed E-state index contributed by atoms with van der Waals surface area (Å²) < 4.78 is 27.9. The molecular weight excluding hydrogens is 494 g/mol. The molecule has 3 aromatic rings. The van der Waals surface area contributed by atoms with E-state index >= 15 is 0 Å². The second kappa shape index (κ2) is 12.6. The topological polar surface area (TPSA) is 64.5 Å². The summed E-state index contributed by atoms with van der Waals surface area (Å²) in [5.74, 6) is -1.12. The zero-order valence-corrected chi connectivity index (χ0v) is 23.3. The molecule has 4 nitrogen and oxygen atoms in total.